The fraction of sp³-hybridized carbons (Fsp3) is 0.409. The van der Waals surface area contributed by atoms with E-state index in [0.717, 1.165) is 37.2 Å². The van der Waals surface area contributed by atoms with Crippen molar-refractivity contribution >= 4 is 17.3 Å². The monoisotopic (exact) mass is 395 g/mol. The van der Waals surface area contributed by atoms with Gasteiger partial charge < -0.3 is 15.0 Å². The molecule has 1 saturated heterocycles. The molecule has 29 heavy (non-hydrogen) atoms. The number of nitro groups is 1. The minimum absolute atomic E-state index is 0.0143. The van der Waals surface area contributed by atoms with E-state index >= 15 is 0 Å². The quantitative estimate of drug-likeness (QED) is 0.623. The van der Waals surface area contributed by atoms with Crippen molar-refractivity contribution in [3.8, 4) is 5.75 Å². The molecule has 1 amide bonds. The predicted octanol–water partition coefficient (Wildman–Crippen LogP) is 4.08. The Kier molecular flexibility index (Phi) is 5.38. The van der Waals surface area contributed by atoms with Gasteiger partial charge in [0.1, 0.15) is 11.4 Å². The molecule has 0 bridgehead atoms. The van der Waals surface area contributed by atoms with Crippen molar-refractivity contribution in [3.05, 3.63) is 63.7 Å². The summed E-state index contributed by atoms with van der Waals surface area (Å²) >= 11 is 0. The van der Waals surface area contributed by atoms with E-state index in [1.807, 2.05) is 24.3 Å². The Labute approximate surface area is 169 Å². The molecule has 2 heterocycles. The molecule has 0 radical (unpaired) electrons. The molecule has 1 fully saturated rings. The first-order valence-corrected chi connectivity index (χ1v) is 10.1. The van der Waals surface area contributed by atoms with Gasteiger partial charge in [-0.2, -0.15) is 0 Å². The Balaban J connectivity index is 1.55. The van der Waals surface area contributed by atoms with Gasteiger partial charge in [-0.3, -0.25) is 14.9 Å². The minimum Gasteiger partial charge on any atom is -0.493 e. The van der Waals surface area contributed by atoms with Crippen molar-refractivity contribution in [2.45, 2.75) is 32.2 Å². The van der Waals surface area contributed by atoms with Crippen molar-refractivity contribution in [2.24, 2.45) is 5.92 Å². The number of carbonyl (C=O) groups excluding carboxylic acids is 1. The summed E-state index contributed by atoms with van der Waals surface area (Å²) < 4.78 is 5.64. The molecular formula is C22H25N3O4. The van der Waals surface area contributed by atoms with Crippen LogP contribution in [0.25, 0.3) is 0 Å². The summed E-state index contributed by atoms with van der Waals surface area (Å²) in [6.07, 6.45) is 2.69. The second-order valence-corrected chi connectivity index (χ2v) is 7.83. The largest absolute Gasteiger partial charge is 0.493 e. The average Bonchev–Trinajstić information content (AvgIpc) is 2.74. The van der Waals surface area contributed by atoms with Gasteiger partial charge in [0.05, 0.1) is 17.6 Å². The van der Waals surface area contributed by atoms with Crippen LogP contribution in [0.5, 0.6) is 5.75 Å². The Hall–Kier alpha value is -3.09. The van der Waals surface area contributed by atoms with Crippen LogP contribution in [0.15, 0.2) is 42.5 Å². The first kappa shape index (κ1) is 19.2. The summed E-state index contributed by atoms with van der Waals surface area (Å²) in [5.41, 5.74) is 1.81. The zero-order valence-corrected chi connectivity index (χ0v) is 16.5. The van der Waals surface area contributed by atoms with Crippen molar-refractivity contribution in [2.75, 3.05) is 24.6 Å². The standard InChI is InChI=1S/C22H25N3O4/c1-15-8-11-24(12-9-15)19-7-6-16(14-20(19)25(27)28)22(26)23-18-10-13-29-21-5-3-2-4-17(18)21/h2-7,14-15,18H,8-13H2,1H3,(H,23,26). The van der Waals surface area contributed by atoms with Crippen LogP contribution in [0, 0.1) is 16.0 Å². The highest BCUT2D eigenvalue weighted by Crippen LogP contribution is 2.34. The highest BCUT2D eigenvalue weighted by Gasteiger charge is 2.27. The van der Waals surface area contributed by atoms with Crippen LogP contribution in [0.2, 0.25) is 0 Å². The molecule has 0 aliphatic carbocycles. The summed E-state index contributed by atoms with van der Waals surface area (Å²) in [7, 11) is 0. The molecule has 2 aromatic carbocycles. The molecule has 1 unspecified atom stereocenters. The third kappa shape index (κ3) is 4.04. The molecular weight excluding hydrogens is 370 g/mol. The molecule has 7 nitrogen and oxygen atoms in total. The molecule has 0 saturated carbocycles. The third-order valence-electron chi connectivity index (χ3n) is 5.82. The summed E-state index contributed by atoms with van der Waals surface area (Å²) in [5.74, 6) is 1.09. The van der Waals surface area contributed by atoms with E-state index in [1.54, 1.807) is 12.1 Å². The lowest BCUT2D eigenvalue weighted by Crippen LogP contribution is -2.34. The van der Waals surface area contributed by atoms with Crippen molar-refractivity contribution < 1.29 is 14.5 Å². The number of nitrogens with one attached hydrogen (secondary N) is 1. The van der Waals surface area contributed by atoms with Gasteiger partial charge in [-0.15, -0.1) is 0 Å². The van der Waals surface area contributed by atoms with Gasteiger partial charge in [0, 0.05) is 36.7 Å². The van der Waals surface area contributed by atoms with E-state index in [1.165, 1.54) is 6.07 Å². The number of nitro benzene ring substituents is 1. The number of ether oxygens (including phenoxy) is 1. The maximum absolute atomic E-state index is 12.8. The van der Waals surface area contributed by atoms with Crippen LogP contribution in [0.1, 0.15) is 48.1 Å². The molecule has 2 aliphatic rings. The first-order chi connectivity index (χ1) is 14.0. The Morgan fingerprint density at radius 2 is 1.93 bits per heavy atom. The van der Waals surface area contributed by atoms with E-state index in [2.05, 4.69) is 17.1 Å². The third-order valence-corrected chi connectivity index (χ3v) is 5.82. The van der Waals surface area contributed by atoms with Gasteiger partial charge in [0.2, 0.25) is 0 Å². The summed E-state index contributed by atoms with van der Waals surface area (Å²) in [4.78, 5) is 26.2. The number of nitrogens with zero attached hydrogens (tertiary/aromatic N) is 2. The van der Waals surface area contributed by atoms with Crippen LogP contribution in [-0.4, -0.2) is 30.5 Å². The number of fused-ring (bicyclic) bond motifs is 1. The number of rotatable bonds is 4. The molecule has 1 N–H and O–H groups in total. The van der Waals surface area contributed by atoms with Gasteiger partial charge in [0.15, 0.2) is 0 Å². The molecule has 0 spiro atoms. The van der Waals surface area contributed by atoms with Crippen LogP contribution in [0.3, 0.4) is 0 Å². The maximum atomic E-state index is 12.8. The number of carbonyl (C=O) groups is 1. The topological polar surface area (TPSA) is 84.7 Å². The van der Waals surface area contributed by atoms with E-state index in [9.17, 15) is 14.9 Å². The molecule has 2 aliphatic heterocycles. The molecule has 152 valence electrons. The number of hydrogen-bond donors (Lipinski definition) is 1. The Bertz CT molecular complexity index is 922. The van der Waals surface area contributed by atoms with Gasteiger partial charge in [-0.25, -0.2) is 0 Å². The van der Waals surface area contributed by atoms with Crippen LogP contribution >= 0.6 is 0 Å². The van der Waals surface area contributed by atoms with Crippen molar-refractivity contribution in [1.29, 1.82) is 0 Å². The summed E-state index contributed by atoms with van der Waals surface area (Å²) in [5, 5.41) is 14.7. The fourth-order valence-electron chi connectivity index (χ4n) is 4.06. The highest BCUT2D eigenvalue weighted by molar-refractivity contribution is 5.96. The summed E-state index contributed by atoms with van der Waals surface area (Å²) in [6, 6.07) is 12.2. The number of para-hydroxylation sites is 1. The molecule has 7 heteroatoms. The van der Waals surface area contributed by atoms with Crippen molar-refractivity contribution in [3.63, 3.8) is 0 Å². The SMILES string of the molecule is CC1CCN(c2ccc(C(=O)NC3CCOc4ccccc43)cc2[N+](=O)[O-])CC1. The zero-order valence-electron chi connectivity index (χ0n) is 16.5. The second-order valence-electron chi connectivity index (χ2n) is 7.83. The van der Waals surface area contributed by atoms with E-state index < -0.39 is 4.92 Å². The number of anilines is 1. The van der Waals surface area contributed by atoms with E-state index in [0.29, 0.717) is 30.2 Å². The highest BCUT2D eigenvalue weighted by atomic mass is 16.6. The molecule has 4 rings (SSSR count). The van der Waals surface area contributed by atoms with Crippen LogP contribution in [0.4, 0.5) is 11.4 Å². The average molecular weight is 395 g/mol. The van der Waals surface area contributed by atoms with Gasteiger partial charge >= 0.3 is 0 Å². The van der Waals surface area contributed by atoms with E-state index in [4.69, 9.17) is 4.74 Å². The fourth-order valence-corrected chi connectivity index (χ4v) is 4.06. The number of piperidine rings is 1. The maximum Gasteiger partial charge on any atom is 0.293 e. The Morgan fingerprint density at radius 3 is 2.69 bits per heavy atom. The second kappa shape index (κ2) is 8.11. The normalized spacial score (nSPS) is 19.2. The summed E-state index contributed by atoms with van der Waals surface area (Å²) in [6.45, 7) is 4.32. The number of benzene rings is 2. The first-order valence-electron chi connectivity index (χ1n) is 10.1. The lowest BCUT2D eigenvalue weighted by atomic mass is 9.98. The minimum atomic E-state index is -0.395. The predicted molar refractivity (Wildman–Crippen MR) is 110 cm³/mol. The van der Waals surface area contributed by atoms with Crippen LogP contribution < -0.4 is 15.0 Å². The van der Waals surface area contributed by atoms with Crippen molar-refractivity contribution in [1.82, 2.24) is 5.32 Å². The van der Waals surface area contributed by atoms with Gasteiger partial charge in [-0.05, 0) is 37.0 Å². The smallest absolute Gasteiger partial charge is 0.293 e. The van der Waals surface area contributed by atoms with Crippen LogP contribution in [-0.2, 0) is 0 Å². The lowest BCUT2D eigenvalue weighted by molar-refractivity contribution is -0.384. The lowest BCUT2D eigenvalue weighted by Gasteiger charge is -2.31. The zero-order chi connectivity index (χ0) is 20.4. The van der Waals surface area contributed by atoms with E-state index in [-0.39, 0.29) is 17.6 Å². The number of amides is 1. The molecule has 0 aromatic heterocycles. The number of hydrogen-bond acceptors (Lipinski definition) is 5. The van der Waals surface area contributed by atoms with Gasteiger partial charge in [0.25, 0.3) is 11.6 Å². The Morgan fingerprint density at radius 1 is 1.17 bits per heavy atom. The molecule has 2 aromatic rings. The van der Waals surface area contributed by atoms with Gasteiger partial charge in [-0.1, -0.05) is 25.1 Å². The molecule has 1 atom stereocenters.